The van der Waals surface area contributed by atoms with Crippen molar-refractivity contribution in [2.24, 2.45) is 0 Å². The van der Waals surface area contributed by atoms with E-state index in [1.165, 1.54) is 24.3 Å². The highest BCUT2D eigenvalue weighted by Gasteiger charge is 2.28. The lowest BCUT2D eigenvalue weighted by Gasteiger charge is -2.10. The standard InChI is InChI=1S/C14H11NO7S/c1-9-5-7-10(8-6-9)23(20,21)22-13-11(14(16)17)3-2-4-12(13)15(18)19/h2-8H,1H3,(H,16,17). The van der Waals surface area contributed by atoms with E-state index in [0.29, 0.717) is 0 Å². The number of nitro benzene ring substituents is 1. The van der Waals surface area contributed by atoms with Gasteiger partial charge in [0.2, 0.25) is 5.75 Å². The average Bonchev–Trinajstić information content (AvgIpc) is 2.47. The molecule has 0 aliphatic carbocycles. The molecule has 0 aliphatic rings. The van der Waals surface area contributed by atoms with Gasteiger partial charge in [0.15, 0.2) is 0 Å². The lowest BCUT2D eigenvalue weighted by Crippen LogP contribution is -2.13. The molecule has 1 N–H and O–H groups in total. The second kappa shape index (κ2) is 6.05. The van der Waals surface area contributed by atoms with Gasteiger partial charge in [-0.1, -0.05) is 23.8 Å². The second-order valence-electron chi connectivity index (χ2n) is 4.57. The lowest BCUT2D eigenvalue weighted by atomic mass is 10.2. The smallest absolute Gasteiger partial charge is 0.339 e. The summed E-state index contributed by atoms with van der Waals surface area (Å²) in [6.07, 6.45) is 0. The molecule has 0 saturated carbocycles. The van der Waals surface area contributed by atoms with Gasteiger partial charge in [0, 0.05) is 6.07 Å². The molecule has 8 nitrogen and oxygen atoms in total. The van der Waals surface area contributed by atoms with Crippen LogP contribution in [0.5, 0.6) is 5.75 Å². The van der Waals surface area contributed by atoms with Crippen LogP contribution in [-0.2, 0) is 10.1 Å². The number of rotatable bonds is 5. The molecule has 0 unspecified atom stereocenters. The number of nitrogens with zero attached hydrogens (tertiary/aromatic N) is 1. The van der Waals surface area contributed by atoms with E-state index >= 15 is 0 Å². The Morgan fingerprint density at radius 3 is 2.30 bits per heavy atom. The van der Waals surface area contributed by atoms with Crippen molar-refractivity contribution in [2.45, 2.75) is 11.8 Å². The van der Waals surface area contributed by atoms with E-state index in [1.807, 2.05) is 0 Å². The predicted octanol–water partition coefficient (Wildman–Crippen LogP) is 2.37. The molecule has 0 amide bonds. The monoisotopic (exact) mass is 337 g/mol. The summed E-state index contributed by atoms with van der Waals surface area (Å²) in [6.45, 7) is 1.75. The molecule has 120 valence electrons. The highest BCUT2D eigenvalue weighted by Crippen LogP contribution is 2.33. The van der Waals surface area contributed by atoms with Gasteiger partial charge in [0.1, 0.15) is 10.5 Å². The van der Waals surface area contributed by atoms with Crippen molar-refractivity contribution >= 4 is 21.8 Å². The van der Waals surface area contributed by atoms with Crippen molar-refractivity contribution in [1.29, 1.82) is 0 Å². The Hall–Kier alpha value is -2.94. The maximum Gasteiger partial charge on any atom is 0.339 e. The Morgan fingerprint density at radius 2 is 1.78 bits per heavy atom. The number of benzene rings is 2. The zero-order chi connectivity index (χ0) is 17.2. The minimum atomic E-state index is -4.41. The molecule has 0 atom stereocenters. The summed E-state index contributed by atoms with van der Waals surface area (Å²) in [6, 6.07) is 8.69. The first-order chi connectivity index (χ1) is 10.7. The quantitative estimate of drug-likeness (QED) is 0.504. The number of carboxylic acids is 1. The zero-order valence-electron chi connectivity index (χ0n) is 11.8. The number of carboxylic acid groups (broad SMARTS) is 1. The first kappa shape index (κ1) is 16.4. The predicted molar refractivity (Wildman–Crippen MR) is 79.0 cm³/mol. The molecule has 0 fully saturated rings. The third-order valence-electron chi connectivity index (χ3n) is 2.92. The van der Waals surface area contributed by atoms with Gasteiger partial charge < -0.3 is 9.29 Å². The van der Waals surface area contributed by atoms with E-state index in [4.69, 9.17) is 9.29 Å². The Labute approximate surface area is 131 Å². The van der Waals surface area contributed by atoms with Crippen LogP contribution in [0.4, 0.5) is 5.69 Å². The fourth-order valence-corrected chi connectivity index (χ4v) is 2.75. The molecule has 0 saturated heterocycles. The van der Waals surface area contributed by atoms with E-state index in [9.17, 15) is 23.3 Å². The normalized spacial score (nSPS) is 11.0. The molecule has 2 aromatic carbocycles. The van der Waals surface area contributed by atoms with Crippen LogP contribution in [0.15, 0.2) is 47.4 Å². The molecular weight excluding hydrogens is 326 g/mol. The van der Waals surface area contributed by atoms with Crippen LogP contribution in [0.3, 0.4) is 0 Å². The summed E-state index contributed by atoms with van der Waals surface area (Å²) in [7, 11) is -4.41. The third-order valence-corrected chi connectivity index (χ3v) is 4.16. The van der Waals surface area contributed by atoms with Crippen LogP contribution in [0.1, 0.15) is 15.9 Å². The summed E-state index contributed by atoms with van der Waals surface area (Å²) >= 11 is 0. The van der Waals surface area contributed by atoms with Crippen molar-refractivity contribution in [3.63, 3.8) is 0 Å². The molecule has 2 rings (SSSR count). The molecule has 2 aromatic rings. The Morgan fingerprint density at radius 1 is 1.17 bits per heavy atom. The van der Waals surface area contributed by atoms with E-state index in [1.54, 1.807) is 6.92 Å². The molecule has 0 heterocycles. The Bertz CT molecular complexity index is 840. The molecule has 0 aromatic heterocycles. The number of aromatic carboxylic acids is 1. The lowest BCUT2D eigenvalue weighted by molar-refractivity contribution is -0.385. The summed E-state index contributed by atoms with van der Waals surface area (Å²) in [4.78, 5) is 21.0. The average molecular weight is 337 g/mol. The number of nitro groups is 1. The van der Waals surface area contributed by atoms with Crippen LogP contribution >= 0.6 is 0 Å². The van der Waals surface area contributed by atoms with Crippen LogP contribution in [-0.4, -0.2) is 24.4 Å². The van der Waals surface area contributed by atoms with Gasteiger partial charge >= 0.3 is 21.8 Å². The van der Waals surface area contributed by atoms with Gasteiger partial charge in [-0.3, -0.25) is 10.1 Å². The van der Waals surface area contributed by atoms with Crippen molar-refractivity contribution in [3.05, 3.63) is 63.7 Å². The first-order valence-corrected chi connectivity index (χ1v) is 7.65. The molecule has 0 spiro atoms. The topological polar surface area (TPSA) is 124 Å². The largest absolute Gasteiger partial charge is 0.478 e. The van der Waals surface area contributed by atoms with Crippen molar-refractivity contribution in [1.82, 2.24) is 0 Å². The van der Waals surface area contributed by atoms with E-state index in [-0.39, 0.29) is 4.90 Å². The number of carbonyl (C=O) groups is 1. The zero-order valence-corrected chi connectivity index (χ0v) is 12.6. The molecular formula is C14H11NO7S. The molecule has 0 bridgehead atoms. The fourth-order valence-electron chi connectivity index (χ4n) is 1.79. The molecule has 0 radical (unpaired) electrons. The van der Waals surface area contributed by atoms with Crippen LogP contribution < -0.4 is 4.18 Å². The van der Waals surface area contributed by atoms with Crippen molar-refractivity contribution in [3.8, 4) is 5.75 Å². The van der Waals surface area contributed by atoms with Gasteiger partial charge in [-0.15, -0.1) is 0 Å². The van der Waals surface area contributed by atoms with Gasteiger partial charge in [-0.25, -0.2) is 4.79 Å². The molecule has 9 heteroatoms. The van der Waals surface area contributed by atoms with Gasteiger partial charge in [-0.2, -0.15) is 8.42 Å². The molecule has 0 aliphatic heterocycles. The highest BCUT2D eigenvalue weighted by molar-refractivity contribution is 7.87. The maximum absolute atomic E-state index is 12.2. The fraction of sp³-hybridized carbons (Fsp3) is 0.0714. The maximum atomic E-state index is 12.2. The molecule has 23 heavy (non-hydrogen) atoms. The van der Waals surface area contributed by atoms with Crippen LogP contribution in [0.25, 0.3) is 0 Å². The van der Waals surface area contributed by atoms with Crippen molar-refractivity contribution < 1.29 is 27.4 Å². The van der Waals surface area contributed by atoms with Crippen LogP contribution in [0.2, 0.25) is 0 Å². The summed E-state index contributed by atoms with van der Waals surface area (Å²) in [5.74, 6) is -2.37. The first-order valence-electron chi connectivity index (χ1n) is 6.24. The SMILES string of the molecule is Cc1ccc(S(=O)(=O)Oc2c(C(=O)O)cccc2[N+](=O)[O-])cc1. The van der Waals surface area contributed by atoms with Gasteiger partial charge in [-0.05, 0) is 25.1 Å². The van der Waals surface area contributed by atoms with E-state index < -0.39 is 38.0 Å². The number of hydrogen-bond acceptors (Lipinski definition) is 6. The van der Waals surface area contributed by atoms with Crippen LogP contribution in [0, 0.1) is 17.0 Å². The van der Waals surface area contributed by atoms with E-state index in [2.05, 4.69) is 0 Å². The number of para-hydroxylation sites is 1. The Balaban J connectivity index is 2.56. The van der Waals surface area contributed by atoms with E-state index in [0.717, 1.165) is 23.8 Å². The third kappa shape index (κ3) is 3.46. The minimum Gasteiger partial charge on any atom is -0.478 e. The number of aryl methyl sites for hydroxylation is 1. The minimum absolute atomic E-state index is 0.238. The summed E-state index contributed by atoms with van der Waals surface area (Å²) in [5, 5.41) is 20.1. The van der Waals surface area contributed by atoms with Gasteiger partial charge in [0.05, 0.1) is 4.92 Å². The highest BCUT2D eigenvalue weighted by atomic mass is 32.2. The van der Waals surface area contributed by atoms with Gasteiger partial charge in [0.25, 0.3) is 0 Å². The Kier molecular flexibility index (Phi) is 4.32. The summed E-state index contributed by atoms with van der Waals surface area (Å²) < 4.78 is 29.2. The second-order valence-corrected chi connectivity index (χ2v) is 6.11. The summed E-state index contributed by atoms with van der Waals surface area (Å²) in [5.41, 5.74) is -0.559. The van der Waals surface area contributed by atoms with Crippen molar-refractivity contribution in [2.75, 3.05) is 0 Å². The number of hydrogen-bond donors (Lipinski definition) is 1.